The molecule has 4 heteroatoms. The van der Waals surface area contributed by atoms with E-state index < -0.39 is 0 Å². The van der Waals surface area contributed by atoms with Gasteiger partial charge in [0.1, 0.15) is 5.01 Å². The third kappa shape index (κ3) is 2.60. The molecule has 0 bridgehead atoms. The fourth-order valence-corrected chi connectivity index (χ4v) is 3.78. The molecule has 0 atom stereocenters. The lowest BCUT2D eigenvalue weighted by molar-refractivity contribution is 0.131. The van der Waals surface area contributed by atoms with Crippen LogP contribution >= 0.6 is 11.3 Å². The van der Waals surface area contributed by atoms with Gasteiger partial charge >= 0.3 is 0 Å². The number of thiazole rings is 1. The quantitative estimate of drug-likeness (QED) is 0.915. The highest BCUT2D eigenvalue weighted by molar-refractivity contribution is 7.11. The minimum Gasteiger partial charge on any atom is -0.319 e. The van der Waals surface area contributed by atoms with Crippen molar-refractivity contribution in [3.63, 3.8) is 0 Å². The Morgan fingerprint density at radius 3 is 2.44 bits per heavy atom. The number of likely N-dealkylation sites (tertiary alicyclic amines) is 1. The van der Waals surface area contributed by atoms with Crippen molar-refractivity contribution < 1.29 is 0 Å². The number of aromatic nitrogens is 1. The Bertz CT molecular complexity index is 403. The van der Waals surface area contributed by atoms with E-state index >= 15 is 0 Å². The molecule has 1 fully saturated rings. The Morgan fingerprint density at radius 1 is 1.39 bits per heavy atom. The normalized spacial score (nSPS) is 20.6. The SMILES string of the molecule is CCc1nc(C2(N)CCN(C(C)C)CC2)sc1C. The molecule has 102 valence electrons. The van der Waals surface area contributed by atoms with E-state index in [1.165, 1.54) is 10.6 Å². The molecular formula is C14H25N3S. The monoisotopic (exact) mass is 267 g/mol. The maximum atomic E-state index is 6.60. The maximum Gasteiger partial charge on any atom is 0.113 e. The van der Waals surface area contributed by atoms with Crippen LogP contribution in [0.3, 0.4) is 0 Å². The van der Waals surface area contributed by atoms with Gasteiger partial charge in [-0.15, -0.1) is 11.3 Å². The van der Waals surface area contributed by atoms with Crippen LogP contribution in [0.2, 0.25) is 0 Å². The summed E-state index contributed by atoms with van der Waals surface area (Å²) in [5.41, 5.74) is 7.64. The fourth-order valence-electron chi connectivity index (χ4n) is 2.62. The summed E-state index contributed by atoms with van der Waals surface area (Å²) in [5.74, 6) is 0. The first kappa shape index (κ1) is 14.0. The molecule has 2 rings (SSSR count). The van der Waals surface area contributed by atoms with Crippen molar-refractivity contribution in [1.82, 2.24) is 9.88 Å². The zero-order chi connectivity index (χ0) is 13.3. The van der Waals surface area contributed by atoms with Crippen molar-refractivity contribution in [3.05, 3.63) is 15.6 Å². The molecule has 1 aromatic rings. The number of rotatable bonds is 3. The van der Waals surface area contributed by atoms with Crippen molar-refractivity contribution in [2.24, 2.45) is 5.73 Å². The van der Waals surface area contributed by atoms with Gasteiger partial charge in [0.05, 0.1) is 11.2 Å². The first-order valence-electron chi connectivity index (χ1n) is 6.96. The summed E-state index contributed by atoms with van der Waals surface area (Å²) in [6.45, 7) is 11.0. The molecular weight excluding hydrogens is 242 g/mol. The number of hydrogen-bond acceptors (Lipinski definition) is 4. The summed E-state index contributed by atoms with van der Waals surface area (Å²) in [4.78, 5) is 8.61. The van der Waals surface area contributed by atoms with E-state index in [4.69, 9.17) is 10.7 Å². The van der Waals surface area contributed by atoms with Crippen LogP contribution in [0.4, 0.5) is 0 Å². The molecule has 0 spiro atoms. The second-order valence-electron chi connectivity index (χ2n) is 5.66. The van der Waals surface area contributed by atoms with Gasteiger partial charge in [-0.05, 0) is 40.0 Å². The van der Waals surface area contributed by atoms with E-state index in [2.05, 4.69) is 32.6 Å². The van der Waals surface area contributed by atoms with Gasteiger partial charge in [0.2, 0.25) is 0 Å². The maximum absolute atomic E-state index is 6.60. The van der Waals surface area contributed by atoms with Gasteiger partial charge in [-0.25, -0.2) is 4.98 Å². The third-order valence-electron chi connectivity index (χ3n) is 4.07. The molecule has 0 amide bonds. The topological polar surface area (TPSA) is 42.1 Å². The predicted octanol–water partition coefficient (Wildman–Crippen LogP) is 2.67. The highest BCUT2D eigenvalue weighted by Gasteiger charge is 2.35. The first-order valence-corrected chi connectivity index (χ1v) is 7.77. The molecule has 1 aromatic heterocycles. The Labute approximate surface area is 114 Å². The van der Waals surface area contributed by atoms with Crippen molar-refractivity contribution >= 4 is 11.3 Å². The van der Waals surface area contributed by atoms with E-state index in [0.717, 1.165) is 37.4 Å². The smallest absolute Gasteiger partial charge is 0.113 e. The lowest BCUT2D eigenvalue weighted by Crippen LogP contribution is -2.49. The van der Waals surface area contributed by atoms with Crippen molar-refractivity contribution in [1.29, 1.82) is 0 Å². The summed E-state index contributed by atoms with van der Waals surface area (Å²) < 4.78 is 0. The molecule has 2 N–H and O–H groups in total. The van der Waals surface area contributed by atoms with Crippen LogP contribution < -0.4 is 5.73 Å². The summed E-state index contributed by atoms with van der Waals surface area (Å²) in [5, 5.41) is 1.15. The van der Waals surface area contributed by atoms with Crippen LogP contribution in [-0.4, -0.2) is 29.0 Å². The van der Waals surface area contributed by atoms with Gasteiger partial charge in [-0.1, -0.05) is 6.92 Å². The molecule has 0 unspecified atom stereocenters. The van der Waals surface area contributed by atoms with E-state index in [0.29, 0.717) is 6.04 Å². The van der Waals surface area contributed by atoms with E-state index in [9.17, 15) is 0 Å². The number of nitrogens with zero attached hydrogens (tertiary/aromatic N) is 2. The average molecular weight is 267 g/mol. The molecule has 1 aliphatic heterocycles. The summed E-state index contributed by atoms with van der Waals surface area (Å²) in [7, 11) is 0. The number of nitrogens with two attached hydrogens (primary N) is 1. The predicted molar refractivity (Wildman–Crippen MR) is 78.0 cm³/mol. The van der Waals surface area contributed by atoms with Gasteiger partial charge in [-0.3, -0.25) is 0 Å². The molecule has 1 saturated heterocycles. The summed E-state index contributed by atoms with van der Waals surface area (Å²) in [6, 6.07) is 0.624. The highest BCUT2D eigenvalue weighted by atomic mass is 32.1. The Morgan fingerprint density at radius 2 is 2.00 bits per heavy atom. The van der Waals surface area contributed by atoms with Gasteiger partial charge in [0.25, 0.3) is 0 Å². The first-order chi connectivity index (χ1) is 8.46. The molecule has 0 aliphatic carbocycles. The van der Waals surface area contributed by atoms with Crippen molar-refractivity contribution in [2.45, 2.75) is 58.5 Å². The second kappa shape index (κ2) is 5.27. The van der Waals surface area contributed by atoms with Crippen LogP contribution in [0.1, 0.15) is 49.2 Å². The lowest BCUT2D eigenvalue weighted by atomic mass is 9.88. The third-order valence-corrected chi connectivity index (χ3v) is 5.31. The van der Waals surface area contributed by atoms with Crippen LogP contribution in [0, 0.1) is 6.92 Å². The average Bonchev–Trinajstić information content (AvgIpc) is 2.72. The summed E-state index contributed by atoms with van der Waals surface area (Å²) >= 11 is 1.80. The van der Waals surface area contributed by atoms with Crippen LogP contribution in [-0.2, 0) is 12.0 Å². The van der Waals surface area contributed by atoms with Crippen LogP contribution in [0.5, 0.6) is 0 Å². The van der Waals surface area contributed by atoms with Crippen LogP contribution in [0.25, 0.3) is 0 Å². The van der Waals surface area contributed by atoms with Gasteiger partial charge in [-0.2, -0.15) is 0 Å². The molecule has 18 heavy (non-hydrogen) atoms. The molecule has 1 aliphatic rings. The standard InChI is InChI=1S/C14H25N3S/c1-5-12-11(4)18-13(16-12)14(15)6-8-17(9-7-14)10(2)3/h10H,5-9,15H2,1-4H3. The Balaban J connectivity index is 2.13. The van der Waals surface area contributed by atoms with Gasteiger partial charge in [0.15, 0.2) is 0 Å². The fraction of sp³-hybridized carbons (Fsp3) is 0.786. The minimum absolute atomic E-state index is 0.186. The molecule has 0 aromatic carbocycles. The van der Waals surface area contributed by atoms with Crippen molar-refractivity contribution in [2.75, 3.05) is 13.1 Å². The highest BCUT2D eigenvalue weighted by Crippen LogP contribution is 2.34. The molecule has 3 nitrogen and oxygen atoms in total. The van der Waals surface area contributed by atoms with E-state index in [1.54, 1.807) is 11.3 Å². The molecule has 0 radical (unpaired) electrons. The van der Waals surface area contributed by atoms with E-state index in [1.807, 2.05) is 0 Å². The van der Waals surface area contributed by atoms with Crippen molar-refractivity contribution in [3.8, 4) is 0 Å². The Hall–Kier alpha value is -0.450. The zero-order valence-corrected chi connectivity index (χ0v) is 12.8. The zero-order valence-electron chi connectivity index (χ0n) is 12.0. The van der Waals surface area contributed by atoms with Gasteiger partial charge in [0, 0.05) is 24.0 Å². The number of piperidine rings is 1. The lowest BCUT2D eigenvalue weighted by Gasteiger charge is -2.39. The second-order valence-corrected chi connectivity index (χ2v) is 6.86. The number of aryl methyl sites for hydroxylation is 2. The largest absolute Gasteiger partial charge is 0.319 e. The molecule has 2 heterocycles. The number of hydrogen-bond donors (Lipinski definition) is 1. The Kier molecular flexibility index (Phi) is 4.09. The van der Waals surface area contributed by atoms with Gasteiger partial charge < -0.3 is 10.6 Å². The minimum atomic E-state index is -0.186. The molecule has 0 saturated carbocycles. The summed E-state index contributed by atoms with van der Waals surface area (Å²) in [6.07, 6.45) is 3.07. The van der Waals surface area contributed by atoms with E-state index in [-0.39, 0.29) is 5.54 Å². The van der Waals surface area contributed by atoms with Crippen LogP contribution in [0.15, 0.2) is 0 Å².